The van der Waals surface area contributed by atoms with E-state index in [2.05, 4.69) is 19.2 Å². The fourth-order valence-electron chi connectivity index (χ4n) is 1.68. The summed E-state index contributed by atoms with van der Waals surface area (Å²) in [6.45, 7) is 5.01. The highest BCUT2D eigenvalue weighted by atomic mass is 35.5. The maximum Gasteiger partial charge on any atom is 0.123 e. The lowest BCUT2D eigenvalue weighted by molar-refractivity contribution is 0.444. The van der Waals surface area contributed by atoms with Crippen molar-refractivity contribution in [2.45, 2.75) is 32.9 Å². The molecule has 1 aromatic carbocycles. The van der Waals surface area contributed by atoms with Gasteiger partial charge in [-0.15, -0.1) is 11.6 Å². The molecule has 0 amide bonds. The van der Waals surface area contributed by atoms with E-state index in [9.17, 15) is 4.39 Å². The second-order valence-electron chi connectivity index (χ2n) is 4.49. The summed E-state index contributed by atoms with van der Waals surface area (Å²) in [5, 5.41) is 3.35. The van der Waals surface area contributed by atoms with Crippen molar-refractivity contribution in [1.29, 1.82) is 0 Å². The quantitative estimate of drug-likeness (QED) is 0.754. The second kappa shape index (κ2) is 6.87. The van der Waals surface area contributed by atoms with Crippen molar-refractivity contribution in [3.8, 4) is 0 Å². The predicted molar refractivity (Wildman–Crippen MR) is 67.2 cm³/mol. The monoisotopic (exact) mass is 243 g/mol. The molecule has 1 unspecified atom stereocenters. The summed E-state index contributed by atoms with van der Waals surface area (Å²) in [6, 6.07) is 6.94. The Labute approximate surface area is 102 Å². The van der Waals surface area contributed by atoms with Gasteiger partial charge in [0, 0.05) is 18.5 Å². The highest BCUT2D eigenvalue weighted by Gasteiger charge is 2.08. The molecule has 0 saturated heterocycles. The molecule has 3 heteroatoms. The molecule has 1 N–H and O–H groups in total. The number of hydrogen-bond acceptors (Lipinski definition) is 1. The van der Waals surface area contributed by atoms with Crippen LogP contribution in [0.15, 0.2) is 24.3 Å². The van der Waals surface area contributed by atoms with E-state index in [4.69, 9.17) is 11.6 Å². The van der Waals surface area contributed by atoms with Gasteiger partial charge in [-0.3, -0.25) is 0 Å². The molecule has 0 spiro atoms. The molecule has 1 nitrogen and oxygen atoms in total. The third-order valence-electron chi connectivity index (χ3n) is 2.43. The summed E-state index contributed by atoms with van der Waals surface area (Å²) in [5.41, 5.74) is 0.957. The highest BCUT2D eigenvalue weighted by molar-refractivity contribution is 6.18. The number of rotatable bonds is 6. The van der Waals surface area contributed by atoms with Crippen molar-refractivity contribution in [3.63, 3.8) is 0 Å². The zero-order valence-corrected chi connectivity index (χ0v) is 10.6. The topological polar surface area (TPSA) is 12.0 Å². The molecule has 0 heterocycles. The SMILES string of the molecule is CC(C)CC(CCl)NCc1cccc(F)c1. The first-order chi connectivity index (χ1) is 7.61. The van der Waals surface area contributed by atoms with Crippen molar-refractivity contribution in [2.24, 2.45) is 5.92 Å². The Bertz CT molecular complexity index is 315. The minimum Gasteiger partial charge on any atom is -0.309 e. The Hall–Kier alpha value is -0.600. The molecule has 16 heavy (non-hydrogen) atoms. The summed E-state index contributed by atoms with van der Waals surface area (Å²) in [5.74, 6) is 1.02. The number of hydrogen-bond donors (Lipinski definition) is 1. The van der Waals surface area contributed by atoms with Crippen molar-refractivity contribution in [3.05, 3.63) is 35.6 Å². The lowest BCUT2D eigenvalue weighted by Gasteiger charge is -2.18. The first-order valence-corrected chi connectivity index (χ1v) is 6.19. The third-order valence-corrected chi connectivity index (χ3v) is 2.80. The molecule has 0 aromatic heterocycles. The molecule has 0 bridgehead atoms. The molecule has 0 aliphatic rings. The lowest BCUT2D eigenvalue weighted by Crippen LogP contribution is -2.31. The van der Waals surface area contributed by atoms with E-state index in [0.717, 1.165) is 12.0 Å². The molecule has 0 aliphatic heterocycles. The largest absolute Gasteiger partial charge is 0.309 e. The second-order valence-corrected chi connectivity index (χ2v) is 4.80. The van der Waals surface area contributed by atoms with Crippen LogP contribution in [0.3, 0.4) is 0 Å². The smallest absolute Gasteiger partial charge is 0.123 e. The first-order valence-electron chi connectivity index (χ1n) is 5.65. The van der Waals surface area contributed by atoms with Crippen LogP contribution in [0, 0.1) is 11.7 Å². The van der Waals surface area contributed by atoms with E-state index in [-0.39, 0.29) is 5.82 Å². The van der Waals surface area contributed by atoms with E-state index in [0.29, 0.717) is 24.4 Å². The van der Waals surface area contributed by atoms with Crippen molar-refractivity contribution >= 4 is 11.6 Å². The van der Waals surface area contributed by atoms with Gasteiger partial charge in [-0.1, -0.05) is 26.0 Å². The summed E-state index contributed by atoms with van der Waals surface area (Å²) < 4.78 is 12.9. The zero-order valence-electron chi connectivity index (χ0n) is 9.84. The third kappa shape index (κ3) is 4.95. The fraction of sp³-hybridized carbons (Fsp3) is 0.538. The van der Waals surface area contributed by atoms with Crippen LogP contribution in [0.4, 0.5) is 4.39 Å². The molecule has 90 valence electrons. The van der Waals surface area contributed by atoms with Crippen LogP contribution in [0.2, 0.25) is 0 Å². The summed E-state index contributed by atoms with van der Waals surface area (Å²) in [7, 11) is 0. The van der Waals surface area contributed by atoms with E-state index in [1.807, 2.05) is 6.07 Å². The van der Waals surface area contributed by atoms with Gasteiger partial charge in [0.2, 0.25) is 0 Å². The van der Waals surface area contributed by atoms with Gasteiger partial charge in [0.25, 0.3) is 0 Å². The molecule has 0 saturated carbocycles. The maximum atomic E-state index is 12.9. The number of halogens is 2. The standard InChI is InChI=1S/C13H19ClFN/c1-10(2)6-13(8-14)16-9-11-4-3-5-12(15)7-11/h3-5,7,10,13,16H,6,8-9H2,1-2H3. The summed E-state index contributed by atoms with van der Waals surface area (Å²) in [6.07, 6.45) is 1.04. The van der Waals surface area contributed by atoms with Crippen LogP contribution in [-0.2, 0) is 6.54 Å². The minimum absolute atomic E-state index is 0.189. The van der Waals surface area contributed by atoms with Gasteiger partial charge in [-0.2, -0.15) is 0 Å². The average Bonchev–Trinajstić information content (AvgIpc) is 2.24. The number of nitrogens with one attached hydrogen (secondary N) is 1. The first kappa shape index (κ1) is 13.5. The van der Waals surface area contributed by atoms with E-state index < -0.39 is 0 Å². The summed E-state index contributed by atoms with van der Waals surface area (Å²) in [4.78, 5) is 0. The lowest BCUT2D eigenvalue weighted by atomic mass is 10.0. The van der Waals surface area contributed by atoms with Gasteiger partial charge in [-0.25, -0.2) is 4.39 Å². The Morgan fingerprint density at radius 3 is 2.69 bits per heavy atom. The average molecular weight is 244 g/mol. The van der Waals surface area contributed by atoms with Crippen molar-refractivity contribution in [2.75, 3.05) is 5.88 Å². The van der Waals surface area contributed by atoms with Gasteiger partial charge in [-0.05, 0) is 30.0 Å². The Balaban J connectivity index is 2.43. The van der Waals surface area contributed by atoms with E-state index in [1.54, 1.807) is 12.1 Å². The van der Waals surface area contributed by atoms with Crippen LogP contribution >= 0.6 is 11.6 Å². The molecule has 0 fully saturated rings. The van der Waals surface area contributed by atoms with Crippen LogP contribution in [-0.4, -0.2) is 11.9 Å². The van der Waals surface area contributed by atoms with Crippen LogP contribution < -0.4 is 5.32 Å². The van der Waals surface area contributed by atoms with Crippen molar-refractivity contribution < 1.29 is 4.39 Å². The summed E-state index contributed by atoms with van der Waals surface area (Å²) >= 11 is 5.87. The molecule has 0 radical (unpaired) electrons. The van der Waals surface area contributed by atoms with Crippen LogP contribution in [0.1, 0.15) is 25.8 Å². The minimum atomic E-state index is -0.189. The number of benzene rings is 1. The van der Waals surface area contributed by atoms with Gasteiger partial charge in [0.05, 0.1) is 0 Å². The van der Waals surface area contributed by atoms with E-state index >= 15 is 0 Å². The Morgan fingerprint density at radius 1 is 1.38 bits per heavy atom. The number of alkyl halides is 1. The van der Waals surface area contributed by atoms with Crippen LogP contribution in [0.25, 0.3) is 0 Å². The van der Waals surface area contributed by atoms with Crippen molar-refractivity contribution in [1.82, 2.24) is 5.32 Å². The Kier molecular flexibility index (Phi) is 5.78. The molecular weight excluding hydrogens is 225 g/mol. The van der Waals surface area contributed by atoms with Gasteiger partial charge in [0.1, 0.15) is 5.82 Å². The fourth-order valence-corrected chi connectivity index (χ4v) is 1.91. The normalized spacial score (nSPS) is 13.1. The van der Waals surface area contributed by atoms with Gasteiger partial charge in [0.15, 0.2) is 0 Å². The molecule has 0 aliphatic carbocycles. The highest BCUT2D eigenvalue weighted by Crippen LogP contribution is 2.08. The molecular formula is C13H19ClFN. The molecule has 1 rings (SSSR count). The maximum absolute atomic E-state index is 12.9. The molecule has 1 aromatic rings. The van der Waals surface area contributed by atoms with Crippen LogP contribution in [0.5, 0.6) is 0 Å². The van der Waals surface area contributed by atoms with Gasteiger partial charge < -0.3 is 5.32 Å². The van der Waals surface area contributed by atoms with Gasteiger partial charge >= 0.3 is 0 Å². The Morgan fingerprint density at radius 2 is 2.12 bits per heavy atom. The zero-order chi connectivity index (χ0) is 12.0. The molecule has 1 atom stereocenters. The predicted octanol–water partition coefficient (Wildman–Crippen LogP) is 3.57. The van der Waals surface area contributed by atoms with E-state index in [1.165, 1.54) is 6.07 Å².